The Hall–Kier alpha value is -7.67. The average molecular weight is 770 g/mol. The quantitative estimate of drug-likeness (QED) is 0.179. The predicted octanol–water partition coefficient (Wildman–Crippen LogP) is 14.1. The lowest BCUT2D eigenvalue weighted by molar-refractivity contribution is 0.952. The van der Waals surface area contributed by atoms with Gasteiger partial charge < -0.3 is 4.57 Å². The number of nitrogens with zero attached hydrogens (tertiary/aromatic N) is 5. The molecule has 0 aliphatic rings. The van der Waals surface area contributed by atoms with E-state index in [1.54, 1.807) is 0 Å². The fourth-order valence-electron chi connectivity index (χ4n) is 9.25. The highest BCUT2D eigenvalue weighted by Crippen LogP contribution is 2.46. The number of rotatable bonds is 4. The molecular formula is C53H31N5S. The van der Waals surface area contributed by atoms with E-state index in [2.05, 4.69) is 179 Å². The first-order valence-corrected chi connectivity index (χ1v) is 20.7. The molecule has 4 heterocycles. The van der Waals surface area contributed by atoms with Gasteiger partial charge in [-0.3, -0.25) is 4.57 Å². The third-order valence-corrected chi connectivity index (χ3v) is 13.1. The maximum absolute atomic E-state index is 5.49. The van der Waals surface area contributed by atoms with Crippen LogP contribution in [0.15, 0.2) is 188 Å². The second-order valence-electron chi connectivity index (χ2n) is 15.2. The minimum atomic E-state index is 0.577. The second kappa shape index (κ2) is 12.4. The van der Waals surface area contributed by atoms with E-state index in [0.717, 1.165) is 49.7 Å². The van der Waals surface area contributed by atoms with E-state index in [0.29, 0.717) is 17.6 Å². The number of aromatic nitrogens is 5. The lowest BCUT2D eigenvalue weighted by atomic mass is 10.0. The average Bonchev–Trinajstić information content (AvgIpc) is 3.94. The summed E-state index contributed by atoms with van der Waals surface area (Å²) >= 11 is 1.84. The van der Waals surface area contributed by atoms with Crippen molar-refractivity contribution in [1.82, 2.24) is 24.1 Å². The van der Waals surface area contributed by atoms with Gasteiger partial charge in [-0.15, -0.1) is 11.3 Å². The summed E-state index contributed by atoms with van der Waals surface area (Å²) in [5.74, 6) is 1.81. The molecule has 13 aromatic rings. The molecule has 0 amide bonds. The molecule has 13 rings (SSSR count). The summed E-state index contributed by atoms with van der Waals surface area (Å²) in [5.41, 5.74) is 7.30. The number of hydrogen-bond acceptors (Lipinski definition) is 4. The van der Waals surface area contributed by atoms with Gasteiger partial charge in [0.25, 0.3) is 0 Å². The molecule has 0 spiro atoms. The van der Waals surface area contributed by atoms with Crippen LogP contribution in [0, 0.1) is 0 Å². The number of benzene rings is 9. The molecule has 0 aliphatic heterocycles. The summed E-state index contributed by atoms with van der Waals surface area (Å²) in [6.45, 7) is 0. The zero-order valence-corrected chi connectivity index (χ0v) is 32.4. The van der Waals surface area contributed by atoms with Crippen LogP contribution in [0.3, 0.4) is 0 Å². The van der Waals surface area contributed by atoms with Crippen molar-refractivity contribution in [3.8, 4) is 34.4 Å². The lowest BCUT2D eigenvalue weighted by Gasteiger charge is -2.16. The zero-order valence-electron chi connectivity index (χ0n) is 31.5. The van der Waals surface area contributed by atoms with Crippen LogP contribution < -0.4 is 0 Å². The topological polar surface area (TPSA) is 48.5 Å². The van der Waals surface area contributed by atoms with Crippen molar-refractivity contribution >= 4 is 96.7 Å². The van der Waals surface area contributed by atoms with Gasteiger partial charge in [0.1, 0.15) is 0 Å². The largest absolute Gasteiger partial charge is 0.307 e. The summed E-state index contributed by atoms with van der Waals surface area (Å²) < 4.78 is 7.09. The molecule has 0 aliphatic carbocycles. The Morgan fingerprint density at radius 2 is 0.881 bits per heavy atom. The van der Waals surface area contributed by atoms with Crippen LogP contribution in [0.4, 0.5) is 0 Å². The number of para-hydroxylation sites is 3. The van der Waals surface area contributed by atoms with Crippen molar-refractivity contribution in [3.05, 3.63) is 188 Å². The summed E-state index contributed by atoms with van der Waals surface area (Å²) in [5, 5.41) is 12.1. The maximum atomic E-state index is 5.49. The molecule has 0 unspecified atom stereocenters. The van der Waals surface area contributed by atoms with E-state index in [1.165, 1.54) is 52.5 Å². The Morgan fingerprint density at radius 3 is 1.56 bits per heavy atom. The summed E-state index contributed by atoms with van der Waals surface area (Å²) in [7, 11) is 0. The fourth-order valence-corrected chi connectivity index (χ4v) is 10.5. The van der Waals surface area contributed by atoms with Crippen molar-refractivity contribution in [1.29, 1.82) is 0 Å². The van der Waals surface area contributed by atoms with Crippen LogP contribution in [-0.4, -0.2) is 24.1 Å². The molecule has 0 radical (unpaired) electrons. The minimum Gasteiger partial charge on any atom is -0.307 e. The van der Waals surface area contributed by atoms with Crippen molar-refractivity contribution < 1.29 is 0 Å². The summed E-state index contributed by atoms with van der Waals surface area (Å²) in [6, 6.07) is 67.3. The summed E-state index contributed by atoms with van der Waals surface area (Å²) in [6.07, 6.45) is 0. The first-order valence-electron chi connectivity index (χ1n) is 19.9. The second-order valence-corrected chi connectivity index (χ2v) is 16.3. The van der Waals surface area contributed by atoms with Gasteiger partial charge in [-0.2, -0.15) is 9.97 Å². The number of thiophene rings is 1. The molecule has 0 bridgehead atoms. The predicted molar refractivity (Wildman–Crippen MR) is 247 cm³/mol. The molecule has 0 saturated carbocycles. The van der Waals surface area contributed by atoms with Crippen molar-refractivity contribution in [3.63, 3.8) is 0 Å². The Morgan fingerprint density at radius 1 is 0.356 bits per heavy atom. The van der Waals surface area contributed by atoms with E-state index in [4.69, 9.17) is 15.0 Å². The molecule has 4 aromatic heterocycles. The van der Waals surface area contributed by atoms with Gasteiger partial charge >= 0.3 is 0 Å². The molecule has 9 aromatic carbocycles. The Labute approximate surface area is 341 Å². The zero-order chi connectivity index (χ0) is 38.6. The Bertz CT molecular complexity index is 3800. The van der Waals surface area contributed by atoms with Crippen molar-refractivity contribution in [2.45, 2.75) is 0 Å². The normalized spacial score (nSPS) is 12.1. The molecule has 59 heavy (non-hydrogen) atoms. The molecule has 0 N–H and O–H groups in total. The standard InChI is InChI=1S/C53H31N5S/c1-2-14-32(15-3-1)51-54-52(56-53(55-51)58-45-24-12-8-20-37(45)38-21-9-13-25-46(38)58)41-27-26-40-43-29-34-17-5-7-19-36(34)31-48(43)59-50(40)49(41)57-44-23-11-10-22-39(44)42-28-33-16-4-6-18-35(33)30-47(42)57/h1-31H. The fraction of sp³-hybridized carbons (Fsp3) is 0. The lowest BCUT2D eigenvalue weighted by Crippen LogP contribution is -2.08. The van der Waals surface area contributed by atoms with Gasteiger partial charge in [-0.1, -0.05) is 140 Å². The van der Waals surface area contributed by atoms with Crippen LogP contribution >= 0.6 is 11.3 Å². The van der Waals surface area contributed by atoms with Gasteiger partial charge in [-0.05, 0) is 70.1 Å². The van der Waals surface area contributed by atoms with Crippen LogP contribution in [0.2, 0.25) is 0 Å². The molecule has 0 fully saturated rings. The Balaban J connectivity index is 1.19. The van der Waals surface area contributed by atoms with Gasteiger partial charge in [0.05, 0.1) is 32.5 Å². The van der Waals surface area contributed by atoms with Crippen molar-refractivity contribution in [2.75, 3.05) is 0 Å². The Kier molecular flexibility index (Phi) is 6.82. The van der Waals surface area contributed by atoms with Crippen LogP contribution in [-0.2, 0) is 0 Å². The third-order valence-electron chi connectivity index (χ3n) is 11.9. The van der Waals surface area contributed by atoms with Gasteiger partial charge in [0, 0.05) is 48.1 Å². The number of fused-ring (bicyclic) bond motifs is 11. The van der Waals surface area contributed by atoms with Crippen LogP contribution in [0.1, 0.15) is 0 Å². The molecular weight excluding hydrogens is 739 g/mol. The highest BCUT2D eigenvalue weighted by molar-refractivity contribution is 7.26. The molecule has 6 heteroatoms. The SMILES string of the molecule is c1ccc(-c2nc(-c3ccc4c(sc5cc6ccccc6cc54)c3-n3c4ccccc4c4cc5ccccc5cc43)nc(-n3c4ccccc4c4ccccc43)n2)cc1. The highest BCUT2D eigenvalue weighted by atomic mass is 32.1. The van der Waals surface area contributed by atoms with E-state index in [-0.39, 0.29) is 0 Å². The first-order chi connectivity index (χ1) is 29.2. The molecule has 5 nitrogen and oxygen atoms in total. The maximum Gasteiger partial charge on any atom is 0.238 e. The first kappa shape index (κ1) is 32.4. The monoisotopic (exact) mass is 769 g/mol. The van der Waals surface area contributed by atoms with E-state index in [1.807, 2.05) is 29.5 Å². The van der Waals surface area contributed by atoms with E-state index in [9.17, 15) is 0 Å². The van der Waals surface area contributed by atoms with E-state index < -0.39 is 0 Å². The van der Waals surface area contributed by atoms with Gasteiger partial charge in [0.2, 0.25) is 5.95 Å². The smallest absolute Gasteiger partial charge is 0.238 e. The molecule has 0 saturated heterocycles. The summed E-state index contributed by atoms with van der Waals surface area (Å²) in [4.78, 5) is 16.1. The van der Waals surface area contributed by atoms with Gasteiger partial charge in [0.15, 0.2) is 11.6 Å². The minimum absolute atomic E-state index is 0.577. The third kappa shape index (κ3) is 4.81. The van der Waals surface area contributed by atoms with Crippen molar-refractivity contribution in [2.24, 2.45) is 0 Å². The van der Waals surface area contributed by atoms with Crippen LogP contribution in [0.5, 0.6) is 0 Å². The number of hydrogen-bond donors (Lipinski definition) is 0. The van der Waals surface area contributed by atoms with Crippen LogP contribution in [0.25, 0.3) is 120 Å². The van der Waals surface area contributed by atoms with E-state index >= 15 is 0 Å². The molecule has 0 atom stereocenters. The van der Waals surface area contributed by atoms with Gasteiger partial charge in [-0.25, -0.2) is 4.98 Å². The highest BCUT2D eigenvalue weighted by Gasteiger charge is 2.25. The molecule has 274 valence electrons.